The van der Waals surface area contributed by atoms with E-state index in [-0.39, 0.29) is 12.0 Å². The number of aromatic nitrogens is 1. The standard InChI is InChI=1S/C18H23NO2/c1-5-14-8-6-7-9-15(14)21-17-11-13(12-20)10-16(19-17)18(2,3)4/h6-11,20H,5,12H2,1-4H3. The average Bonchev–Trinajstić information content (AvgIpc) is 2.46. The molecule has 0 bridgehead atoms. The zero-order valence-corrected chi connectivity index (χ0v) is 13.2. The Morgan fingerprint density at radius 3 is 2.48 bits per heavy atom. The Labute approximate surface area is 126 Å². The topological polar surface area (TPSA) is 42.4 Å². The molecule has 3 heteroatoms. The fourth-order valence-electron chi connectivity index (χ4n) is 2.10. The normalized spacial score (nSPS) is 11.5. The van der Waals surface area contributed by atoms with E-state index in [1.165, 1.54) is 0 Å². The van der Waals surface area contributed by atoms with E-state index in [2.05, 4.69) is 38.7 Å². The summed E-state index contributed by atoms with van der Waals surface area (Å²) in [5.41, 5.74) is 2.79. The first-order valence-corrected chi connectivity index (χ1v) is 7.32. The molecule has 0 fully saturated rings. The summed E-state index contributed by atoms with van der Waals surface area (Å²) in [6, 6.07) is 11.7. The Bertz CT molecular complexity index is 615. The minimum absolute atomic E-state index is 0.0165. The molecule has 0 saturated heterocycles. The van der Waals surface area contributed by atoms with Crippen LogP contribution in [0.5, 0.6) is 11.6 Å². The summed E-state index contributed by atoms with van der Waals surface area (Å²) < 4.78 is 5.96. The fourth-order valence-corrected chi connectivity index (χ4v) is 2.10. The van der Waals surface area contributed by atoms with Crippen LogP contribution in [0.1, 0.15) is 44.5 Å². The molecule has 1 N–H and O–H groups in total. The molecule has 2 rings (SSSR count). The zero-order valence-electron chi connectivity index (χ0n) is 13.2. The third-order valence-corrected chi connectivity index (χ3v) is 3.38. The minimum Gasteiger partial charge on any atom is -0.439 e. The molecular weight excluding hydrogens is 262 g/mol. The predicted octanol–water partition coefficient (Wildman–Crippen LogP) is 4.23. The molecule has 0 unspecified atom stereocenters. The molecule has 0 aliphatic carbocycles. The fraction of sp³-hybridized carbons (Fsp3) is 0.389. The maximum atomic E-state index is 9.44. The molecule has 112 valence electrons. The largest absolute Gasteiger partial charge is 0.439 e. The van der Waals surface area contributed by atoms with Crippen LogP contribution in [0, 0.1) is 0 Å². The monoisotopic (exact) mass is 285 g/mol. The van der Waals surface area contributed by atoms with Gasteiger partial charge < -0.3 is 9.84 Å². The third-order valence-electron chi connectivity index (χ3n) is 3.38. The van der Waals surface area contributed by atoms with Crippen molar-refractivity contribution in [1.29, 1.82) is 0 Å². The van der Waals surface area contributed by atoms with Gasteiger partial charge in [0.1, 0.15) is 5.75 Å². The summed E-state index contributed by atoms with van der Waals surface area (Å²) in [5.74, 6) is 1.36. The van der Waals surface area contributed by atoms with E-state index in [4.69, 9.17) is 4.74 Å². The highest BCUT2D eigenvalue weighted by Gasteiger charge is 2.18. The van der Waals surface area contributed by atoms with Crippen molar-refractivity contribution in [3.05, 3.63) is 53.2 Å². The number of hydrogen-bond acceptors (Lipinski definition) is 3. The molecule has 21 heavy (non-hydrogen) atoms. The van der Waals surface area contributed by atoms with Gasteiger partial charge in [0, 0.05) is 11.5 Å². The Morgan fingerprint density at radius 1 is 1.14 bits per heavy atom. The molecule has 0 radical (unpaired) electrons. The van der Waals surface area contributed by atoms with Gasteiger partial charge >= 0.3 is 0 Å². The minimum atomic E-state index is -0.0897. The molecule has 0 saturated carbocycles. The van der Waals surface area contributed by atoms with E-state index < -0.39 is 0 Å². The summed E-state index contributed by atoms with van der Waals surface area (Å²) in [6.07, 6.45) is 0.905. The van der Waals surface area contributed by atoms with E-state index in [0.29, 0.717) is 5.88 Å². The van der Waals surface area contributed by atoms with Gasteiger partial charge in [-0.15, -0.1) is 0 Å². The van der Waals surface area contributed by atoms with Crippen LogP contribution in [0.25, 0.3) is 0 Å². The summed E-state index contributed by atoms with van der Waals surface area (Å²) >= 11 is 0. The van der Waals surface area contributed by atoms with Gasteiger partial charge in [0.15, 0.2) is 0 Å². The summed E-state index contributed by atoms with van der Waals surface area (Å²) in [4.78, 5) is 4.59. The van der Waals surface area contributed by atoms with Gasteiger partial charge in [-0.25, -0.2) is 4.98 Å². The number of ether oxygens (including phenoxy) is 1. The van der Waals surface area contributed by atoms with Crippen molar-refractivity contribution < 1.29 is 9.84 Å². The summed E-state index contributed by atoms with van der Waals surface area (Å²) in [6.45, 7) is 8.37. The van der Waals surface area contributed by atoms with Gasteiger partial charge in [0.05, 0.1) is 12.3 Å². The number of aliphatic hydroxyl groups excluding tert-OH is 1. The van der Waals surface area contributed by atoms with Gasteiger partial charge in [-0.1, -0.05) is 45.9 Å². The molecule has 0 aliphatic rings. The Morgan fingerprint density at radius 2 is 1.86 bits per heavy atom. The highest BCUT2D eigenvalue weighted by Crippen LogP contribution is 2.28. The van der Waals surface area contributed by atoms with E-state index in [1.807, 2.05) is 24.3 Å². The molecule has 0 atom stereocenters. The van der Waals surface area contributed by atoms with Gasteiger partial charge in [-0.2, -0.15) is 0 Å². The Kier molecular flexibility index (Phi) is 4.63. The van der Waals surface area contributed by atoms with E-state index in [0.717, 1.165) is 29.0 Å². The zero-order chi connectivity index (χ0) is 15.5. The quantitative estimate of drug-likeness (QED) is 0.914. The van der Waals surface area contributed by atoms with Crippen LogP contribution >= 0.6 is 0 Å². The van der Waals surface area contributed by atoms with Crippen molar-refractivity contribution in [1.82, 2.24) is 4.98 Å². The average molecular weight is 285 g/mol. The van der Waals surface area contributed by atoms with Crippen molar-refractivity contribution >= 4 is 0 Å². The second-order valence-corrected chi connectivity index (χ2v) is 6.17. The molecule has 1 aromatic carbocycles. The van der Waals surface area contributed by atoms with Gasteiger partial charge in [-0.3, -0.25) is 0 Å². The number of nitrogens with zero attached hydrogens (tertiary/aromatic N) is 1. The number of pyridine rings is 1. The number of aryl methyl sites for hydroxylation is 1. The van der Waals surface area contributed by atoms with Gasteiger partial charge in [0.25, 0.3) is 0 Å². The first kappa shape index (κ1) is 15.5. The number of benzene rings is 1. The second-order valence-electron chi connectivity index (χ2n) is 6.17. The number of hydrogen-bond donors (Lipinski definition) is 1. The van der Waals surface area contributed by atoms with Crippen LogP contribution in [-0.4, -0.2) is 10.1 Å². The lowest BCUT2D eigenvalue weighted by molar-refractivity contribution is 0.280. The van der Waals surface area contributed by atoms with Crippen molar-refractivity contribution in [2.75, 3.05) is 0 Å². The lowest BCUT2D eigenvalue weighted by Gasteiger charge is -2.20. The first-order chi connectivity index (χ1) is 9.94. The van der Waals surface area contributed by atoms with Crippen LogP contribution in [0.15, 0.2) is 36.4 Å². The van der Waals surface area contributed by atoms with Crippen molar-refractivity contribution in [3.63, 3.8) is 0 Å². The van der Waals surface area contributed by atoms with Crippen LogP contribution in [-0.2, 0) is 18.4 Å². The second kappa shape index (κ2) is 6.27. The molecule has 1 aromatic heterocycles. The van der Waals surface area contributed by atoms with E-state index in [9.17, 15) is 5.11 Å². The lowest BCUT2D eigenvalue weighted by atomic mass is 9.91. The van der Waals surface area contributed by atoms with Crippen LogP contribution in [0.2, 0.25) is 0 Å². The Balaban J connectivity index is 2.39. The highest BCUT2D eigenvalue weighted by molar-refractivity contribution is 5.37. The molecule has 0 amide bonds. The lowest BCUT2D eigenvalue weighted by Crippen LogP contribution is -2.14. The SMILES string of the molecule is CCc1ccccc1Oc1cc(CO)cc(C(C)(C)C)n1. The van der Waals surface area contributed by atoms with E-state index >= 15 is 0 Å². The third kappa shape index (κ3) is 3.82. The Hall–Kier alpha value is -1.87. The number of para-hydroxylation sites is 1. The molecule has 0 spiro atoms. The summed E-state index contributed by atoms with van der Waals surface area (Å²) in [5, 5.41) is 9.44. The molecule has 0 aliphatic heterocycles. The number of rotatable bonds is 4. The van der Waals surface area contributed by atoms with Gasteiger partial charge in [0.2, 0.25) is 5.88 Å². The highest BCUT2D eigenvalue weighted by atomic mass is 16.5. The molecule has 1 heterocycles. The van der Waals surface area contributed by atoms with Crippen LogP contribution < -0.4 is 4.74 Å². The van der Waals surface area contributed by atoms with E-state index in [1.54, 1.807) is 6.07 Å². The maximum Gasteiger partial charge on any atom is 0.219 e. The van der Waals surface area contributed by atoms with Gasteiger partial charge in [-0.05, 0) is 29.7 Å². The van der Waals surface area contributed by atoms with Crippen molar-refractivity contribution in [2.24, 2.45) is 0 Å². The van der Waals surface area contributed by atoms with Crippen LogP contribution in [0.4, 0.5) is 0 Å². The van der Waals surface area contributed by atoms with Crippen molar-refractivity contribution in [3.8, 4) is 11.6 Å². The summed E-state index contributed by atoms with van der Waals surface area (Å²) in [7, 11) is 0. The first-order valence-electron chi connectivity index (χ1n) is 7.32. The predicted molar refractivity (Wildman–Crippen MR) is 84.8 cm³/mol. The molecule has 2 aromatic rings. The number of aliphatic hydroxyl groups is 1. The maximum absolute atomic E-state index is 9.44. The molecule has 3 nitrogen and oxygen atoms in total. The smallest absolute Gasteiger partial charge is 0.219 e. The van der Waals surface area contributed by atoms with Crippen molar-refractivity contribution in [2.45, 2.75) is 46.1 Å². The molecular formula is C18H23NO2. The van der Waals surface area contributed by atoms with Crippen LogP contribution in [0.3, 0.4) is 0 Å².